The molecule has 0 fully saturated rings. The van der Waals surface area contributed by atoms with Gasteiger partial charge in [0.05, 0.1) is 24.3 Å². The van der Waals surface area contributed by atoms with Crippen LogP contribution < -0.4 is 21.3 Å². The number of carbonyl (C=O) groups is 3. The van der Waals surface area contributed by atoms with Gasteiger partial charge in [0.15, 0.2) is 0 Å². The molecule has 244 valence electrons. The van der Waals surface area contributed by atoms with E-state index < -0.39 is 59.9 Å². The average Bonchev–Trinajstić information content (AvgIpc) is 2.94. The molecule has 44 heavy (non-hydrogen) atoms. The van der Waals surface area contributed by atoms with Crippen molar-refractivity contribution in [2.24, 2.45) is 5.92 Å². The van der Waals surface area contributed by atoms with Gasteiger partial charge in [-0.2, -0.15) is 0 Å². The summed E-state index contributed by atoms with van der Waals surface area (Å²) in [5.41, 5.74) is 1.09. The van der Waals surface area contributed by atoms with E-state index in [0.29, 0.717) is 12.8 Å². The molecule has 0 heterocycles. The zero-order valence-electron chi connectivity index (χ0n) is 26.6. The summed E-state index contributed by atoms with van der Waals surface area (Å²) in [6, 6.07) is 16.5. The summed E-state index contributed by atoms with van der Waals surface area (Å²) in [6.45, 7) is 10.2. The summed E-state index contributed by atoms with van der Waals surface area (Å²) in [4.78, 5) is 37.9. The number of aliphatic hydroxyl groups excluding tert-OH is 3. The summed E-state index contributed by atoms with van der Waals surface area (Å²) in [7, 11) is 0. The maximum absolute atomic E-state index is 13.3. The Balaban J connectivity index is 2.11. The smallest absolute Gasteiger partial charge is 0.407 e. The van der Waals surface area contributed by atoms with Crippen LogP contribution in [0.2, 0.25) is 0 Å². The quantitative estimate of drug-likeness (QED) is 0.150. The van der Waals surface area contributed by atoms with Crippen molar-refractivity contribution in [3.63, 3.8) is 0 Å². The van der Waals surface area contributed by atoms with Crippen LogP contribution in [0.1, 0.15) is 52.7 Å². The van der Waals surface area contributed by atoms with Gasteiger partial charge in [0, 0.05) is 13.1 Å². The minimum Gasteiger partial charge on any atom is -0.444 e. The third kappa shape index (κ3) is 13.4. The number of hydrogen-bond donors (Lipinski definition) is 7. The Morgan fingerprint density at radius 2 is 1.16 bits per heavy atom. The summed E-state index contributed by atoms with van der Waals surface area (Å²) in [6.07, 6.45) is -3.36. The Labute approximate surface area is 260 Å². The molecule has 7 N–H and O–H groups in total. The molecule has 0 unspecified atom stereocenters. The van der Waals surface area contributed by atoms with Gasteiger partial charge < -0.3 is 41.3 Å². The molecule has 0 aliphatic rings. The molecule has 0 aliphatic heterocycles. The zero-order chi connectivity index (χ0) is 32.9. The number of carbonyl (C=O) groups excluding carboxylic acids is 3. The van der Waals surface area contributed by atoms with E-state index in [1.807, 2.05) is 60.7 Å². The minimum absolute atomic E-state index is 0.0196. The van der Waals surface area contributed by atoms with E-state index in [9.17, 15) is 29.7 Å². The van der Waals surface area contributed by atoms with Gasteiger partial charge in [-0.25, -0.2) is 4.79 Å². The molecule has 0 aromatic heterocycles. The molecule has 0 saturated carbocycles. The molecular formula is C33H50N4O7. The van der Waals surface area contributed by atoms with Crippen molar-refractivity contribution in [2.75, 3.05) is 13.1 Å². The molecule has 0 saturated heterocycles. The molecule has 0 bridgehead atoms. The maximum Gasteiger partial charge on any atom is 0.407 e. The van der Waals surface area contributed by atoms with Gasteiger partial charge in [0.25, 0.3) is 0 Å². The molecule has 2 aromatic carbocycles. The molecule has 3 amide bonds. The van der Waals surface area contributed by atoms with Crippen LogP contribution in [0.5, 0.6) is 0 Å². The second-order valence-corrected chi connectivity index (χ2v) is 12.4. The van der Waals surface area contributed by atoms with Crippen LogP contribution in [0.15, 0.2) is 60.7 Å². The summed E-state index contributed by atoms with van der Waals surface area (Å²) in [5.74, 6) is -1.43. The Bertz CT molecular complexity index is 1160. The van der Waals surface area contributed by atoms with Crippen molar-refractivity contribution in [1.29, 1.82) is 0 Å². The topological polar surface area (TPSA) is 169 Å². The van der Waals surface area contributed by atoms with E-state index in [0.717, 1.165) is 11.1 Å². The summed E-state index contributed by atoms with van der Waals surface area (Å²) >= 11 is 0. The van der Waals surface area contributed by atoms with E-state index in [1.165, 1.54) is 6.92 Å². The summed E-state index contributed by atoms with van der Waals surface area (Å²) < 4.78 is 5.39. The SMILES string of the molecule is CC(C)[C@H](NC(=O)[C@H](C)O)C(=O)N[C@@H](Cc1ccccc1)[C@H](O)CNC[C@@H](O)[C@H](Cc1ccccc1)NC(=O)OC(C)(C)C. The van der Waals surface area contributed by atoms with Crippen LogP contribution in [-0.4, -0.2) is 88.4 Å². The fourth-order valence-corrected chi connectivity index (χ4v) is 4.51. The highest BCUT2D eigenvalue weighted by Crippen LogP contribution is 2.12. The maximum atomic E-state index is 13.3. The molecule has 0 spiro atoms. The first-order valence-electron chi connectivity index (χ1n) is 15.1. The van der Waals surface area contributed by atoms with E-state index in [1.54, 1.807) is 34.6 Å². The number of rotatable bonds is 16. The van der Waals surface area contributed by atoms with Crippen molar-refractivity contribution >= 4 is 17.9 Å². The molecular weight excluding hydrogens is 564 g/mol. The first-order chi connectivity index (χ1) is 20.7. The van der Waals surface area contributed by atoms with Crippen LogP contribution in [0.25, 0.3) is 0 Å². The minimum atomic E-state index is -1.28. The fraction of sp³-hybridized carbons (Fsp3) is 0.545. The monoisotopic (exact) mass is 614 g/mol. The van der Waals surface area contributed by atoms with Crippen molar-refractivity contribution in [3.05, 3.63) is 71.8 Å². The number of aliphatic hydroxyl groups is 3. The van der Waals surface area contributed by atoms with Crippen LogP contribution in [0, 0.1) is 5.92 Å². The number of ether oxygens (including phenoxy) is 1. The van der Waals surface area contributed by atoms with Crippen LogP contribution in [-0.2, 0) is 27.2 Å². The lowest BCUT2D eigenvalue weighted by Crippen LogP contribution is -2.57. The van der Waals surface area contributed by atoms with Gasteiger partial charge in [0.1, 0.15) is 17.7 Å². The number of benzene rings is 2. The van der Waals surface area contributed by atoms with Gasteiger partial charge in [-0.3, -0.25) is 9.59 Å². The Morgan fingerprint density at radius 1 is 0.705 bits per heavy atom. The zero-order valence-corrected chi connectivity index (χ0v) is 26.6. The molecule has 6 atom stereocenters. The Hall–Kier alpha value is -3.51. The van der Waals surface area contributed by atoms with Gasteiger partial charge in [-0.15, -0.1) is 0 Å². The Kier molecular flexibility index (Phi) is 14.8. The highest BCUT2D eigenvalue weighted by Gasteiger charge is 2.30. The van der Waals surface area contributed by atoms with Gasteiger partial charge in [0.2, 0.25) is 11.8 Å². The van der Waals surface area contributed by atoms with Crippen molar-refractivity contribution in [2.45, 2.75) is 96.4 Å². The van der Waals surface area contributed by atoms with Gasteiger partial charge in [-0.05, 0) is 57.6 Å². The average molecular weight is 615 g/mol. The van der Waals surface area contributed by atoms with Crippen molar-refractivity contribution < 1.29 is 34.4 Å². The first-order valence-corrected chi connectivity index (χ1v) is 15.1. The van der Waals surface area contributed by atoms with Gasteiger partial charge in [-0.1, -0.05) is 74.5 Å². The lowest BCUT2D eigenvalue weighted by atomic mass is 9.98. The highest BCUT2D eigenvalue weighted by atomic mass is 16.6. The van der Waals surface area contributed by atoms with E-state index >= 15 is 0 Å². The van der Waals surface area contributed by atoms with Crippen molar-refractivity contribution in [3.8, 4) is 0 Å². The lowest BCUT2D eigenvalue weighted by molar-refractivity contribution is -0.134. The molecule has 11 nitrogen and oxygen atoms in total. The predicted molar refractivity (Wildman–Crippen MR) is 169 cm³/mol. The number of nitrogens with one attached hydrogen (secondary N) is 4. The number of amides is 3. The van der Waals surface area contributed by atoms with Crippen LogP contribution in [0.4, 0.5) is 4.79 Å². The standard InChI is InChI=1S/C33H50N4O7/c1-21(2)29(37-30(41)22(3)38)31(42)35-25(17-23-13-9-7-10-14-23)27(39)19-34-20-28(40)26(18-24-15-11-8-12-16-24)36-32(43)44-33(4,5)6/h7-16,21-22,25-29,34,38-40H,17-20H2,1-6H3,(H,35,42)(H,36,43)(H,37,41)/t22-,25-,26-,27+,28+,29-/m0/s1. The van der Waals surface area contributed by atoms with E-state index in [4.69, 9.17) is 4.74 Å². The molecule has 2 aromatic rings. The summed E-state index contributed by atoms with van der Waals surface area (Å²) in [5, 5.41) is 43.1. The molecule has 11 heteroatoms. The first kappa shape index (κ1) is 36.7. The normalized spacial score (nSPS) is 15.8. The molecule has 2 rings (SSSR count). The third-order valence-electron chi connectivity index (χ3n) is 6.89. The van der Waals surface area contributed by atoms with E-state index in [-0.39, 0.29) is 19.0 Å². The molecule has 0 aliphatic carbocycles. The van der Waals surface area contributed by atoms with Gasteiger partial charge >= 0.3 is 6.09 Å². The largest absolute Gasteiger partial charge is 0.444 e. The van der Waals surface area contributed by atoms with Crippen LogP contribution in [0.3, 0.4) is 0 Å². The van der Waals surface area contributed by atoms with Crippen LogP contribution >= 0.6 is 0 Å². The second kappa shape index (κ2) is 17.7. The number of hydrogen-bond acceptors (Lipinski definition) is 8. The third-order valence-corrected chi connectivity index (χ3v) is 6.89. The predicted octanol–water partition coefficient (Wildman–Crippen LogP) is 1.68. The molecule has 0 radical (unpaired) electrons. The second-order valence-electron chi connectivity index (χ2n) is 12.4. The lowest BCUT2D eigenvalue weighted by Gasteiger charge is -2.30. The van der Waals surface area contributed by atoms with Crippen molar-refractivity contribution in [1.82, 2.24) is 21.3 Å². The van der Waals surface area contributed by atoms with E-state index in [2.05, 4.69) is 21.3 Å². The highest BCUT2D eigenvalue weighted by molar-refractivity contribution is 5.89. The fourth-order valence-electron chi connectivity index (χ4n) is 4.51. The Morgan fingerprint density at radius 3 is 1.57 bits per heavy atom. The number of alkyl carbamates (subject to hydrolysis) is 1.